The normalized spacial score (nSPS) is 21.1. The Morgan fingerprint density at radius 1 is 1.03 bits per heavy atom. The van der Waals surface area contributed by atoms with Crippen LogP contribution < -0.4 is 0 Å². The number of likely N-dealkylation sites (tertiary alicyclic amines) is 2. The van der Waals surface area contributed by atoms with Crippen LogP contribution in [0.25, 0.3) is 5.69 Å². The molecule has 2 aliphatic heterocycles. The van der Waals surface area contributed by atoms with E-state index in [-0.39, 0.29) is 11.8 Å². The molecule has 0 radical (unpaired) electrons. The predicted octanol–water partition coefficient (Wildman–Crippen LogP) is 2.91. The molecule has 29 heavy (non-hydrogen) atoms. The monoisotopic (exact) mass is 395 g/mol. The second-order valence-electron chi connectivity index (χ2n) is 8.15. The number of aromatic nitrogens is 3. The van der Waals surface area contributed by atoms with Gasteiger partial charge in [-0.1, -0.05) is 18.9 Å². The molecule has 1 unspecified atom stereocenters. The van der Waals surface area contributed by atoms with Gasteiger partial charge in [0, 0.05) is 38.2 Å². The largest absolute Gasteiger partial charge is 0.340 e. The third kappa shape index (κ3) is 4.33. The first-order chi connectivity index (χ1) is 14.1. The van der Waals surface area contributed by atoms with Gasteiger partial charge in [0.15, 0.2) is 0 Å². The summed E-state index contributed by atoms with van der Waals surface area (Å²) in [6.45, 7) is 4.08. The summed E-state index contributed by atoms with van der Waals surface area (Å²) in [6, 6.07) is 7.86. The Bertz CT molecular complexity index is 843. The number of benzene rings is 1. The Morgan fingerprint density at radius 3 is 2.59 bits per heavy atom. The topological polar surface area (TPSA) is 71.3 Å². The van der Waals surface area contributed by atoms with E-state index in [1.807, 2.05) is 29.2 Å². The van der Waals surface area contributed by atoms with Gasteiger partial charge in [0.2, 0.25) is 5.91 Å². The van der Waals surface area contributed by atoms with Gasteiger partial charge in [0.25, 0.3) is 5.91 Å². The van der Waals surface area contributed by atoms with Crippen LogP contribution >= 0.6 is 0 Å². The van der Waals surface area contributed by atoms with Crippen LogP contribution in [0.2, 0.25) is 0 Å². The quantitative estimate of drug-likeness (QED) is 0.801. The third-order valence-electron chi connectivity index (χ3n) is 6.35. The van der Waals surface area contributed by atoms with Crippen LogP contribution in [0.1, 0.15) is 55.8 Å². The number of piperidine rings is 1. The molecule has 2 aliphatic rings. The standard InChI is InChI=1S/C22H29N5O2/c1-17(28)26-11-4-2-3-8-21(26)18-9-12-25(13-10-18)22(29)19-6-5-7-20(14-19)27-16-23-15-24-27/h5-7,14-16,18,21H,2-4,8-13H2,1H3. The average Bonchev–Trinajstić information content (AvgIpc) is 3.18. The van der Waals surface area contributed by atoms with Crippen molar-refractivity contribution < 1.29 is 9.59 Å². The van der Waals surface area contributed by atoms with E-state index in [9.17, 15) is 9.59 Å². The molecule has 0 saturated carbocycles. The molecule has 2 saturated heterocycles. The maximum atomic E-state index is 13.0. The van der Waals surface area contributed by atoms with Gasteiger partial charge < -0.3 is 9.80 Å². The smallest absolute Gasteiger partial charge is 0.253 e. The number of rotatable bonds is 3. The van der Waals surface area contributed by atoms with Crippen LogP contribution in [0.15, 0.2) is 36.9 Å². The summed E-state index contributed by atoms with van der Waals surface area (Å²) >= 11 is 0. The molecule has 0 N–H and O–H groups in total. The zero-order chi connectivity index (χ0) is 20.2. The Hall–Kier alpha value is -2.70. The van der Waals surface area contributed by atoms with Crippen LogP contribution in [0.4, 0.5) is 0 Å². The van der Waals surface area contributed by atoms with Crippen molar-refractivity contribution in [2.24, 2.45) is 5.92 Å². The van der Waals surface area contributed by atoms with Crippen molar-refractivity contribution in [3.05, 3.63) is 42.5 Å². The number of carbonyl (C=O) groups is 2. The zero-order valence-corrected chi connectivity index (χ0v) is 17.0. The molecule has 1 atom stereocenters. The van der Waals surface area contributed by atoms with Crippen molar-refractivity contribution in [2.45, 2.75) is 51.5 Å². The van der Waals surface area contributed by atoms with E-state index in [1.165, 1.54) is 19.2 Å². The first-order valence-electron chi connectivity index (χ1n) is 10.6. The molecule has 7 nitrogen and oxygen atoms in total. The zero-order valence-electron chi connectivity index (χ0n) is 17.0. The summed E-state index contributed by atoms with van der Waals surface area (Å²) in [5.74, 6) is 0.748. The molecule has 3 heterocycles. The van der Waals surface area contributed by atoms with Gasteiger partial charge in [-0.2, -0.15) is 5.10 Å². The minimum atomic E-state index is 0.0645. The van der Waals surface area contributed by atoms with Gasteiger partial charge in [-0.25, -0.2) is 9.67 Å². The van der Waals surface area contributed by atoms with Crippen molar-refractivity contribution in [3.63, 3.8) is 0 Å². The summed E-state index contributed by atoms with van der Waals surface area (Å²) in [4.78, 5) is 33.2. The second-order valence-corrected chi connectivity index (χ2v) is 8.15. The molecule has 154 valence electrons. The summed E-state index contributed by atoms with van der Waals surface area (Å²) in [5, 5.41) is 4.14. The number of hydrogen-bond donors (Lipinski definition) is 0. The van der Waals surface area contributed by atoms with E-state index in [1.54, 1.807) is 17.9 Å². The number of nitrogens with zero attached hydrogens (tertiary/aromatic N) is 5. The van der Waals surface area contributed by atoms with Crippen LogP contribution in [0, 0.1) is 5.92 Å². The highest BCUT2D eigenvalue weighted by Gasteiger charge is 2.33. The van der Waals surface area contributed by atoms with E-state index in [4.69, 9.17) is 0 Å². The lowest BCUT2D eigenvalue weighted by Crippen LogP contribution is -2.48. The van der Waals surface area contributed by atoms with Gasteiger partial charge in [-0.15, -0.1) is 0 Å². The fourth-order valence-corrected chi connectivity index (χ4v) is 4.81. The van der Waals surface area contributed by atoms with Crippen molar-refractivity contribution in [3.8, 4) is 5.69 Å². The van der Waals surface area contributed by atoms with E-state index < -0.39 is 0 Å². The number of hydrogen-bond acceptors (Lipinski definition) is 4. The number of amides is 2. The second kappa shape index (κ2) is 8.76. The van der Waals surface area contributed by atoms with E-state index in [0.29, 0.717) is 17.5 Å². The van der Waals surface area contributed by atoms with Gasteiger partial charge >= 0.3 is 0 Å². The van der Waals surface area contributed by atoms with Crippen molar-refractivity contribution in [1.29, 1.82) is 0 Å². The van der Waals surface area contributed by atoms with Crippen LogP contribution in [0.5, 0.6) is 0 Å². The molecule has 2 fully saturated rings. The van der Waals surface area contributed by atoms with Gasteiger partial charge in [-0.3, -0.25) is 9.59 Å². The molecular formula is C22H29N5O2. The van der Waals surface area contributed by atoms with Crippen molar-refractivity contribution >= 4 is 11.8 Å². The Labute approximate surface area is 171 Å². The maximum absolute atomic E-state index is 13.0. The van der Waals surface area contributed by atoms with Crippen LogP contribution in [0.3, 0.4) is 0 Å². The predicted molar refractivity (Wildman–Crippen MR) is 110 cm³/mol. The fourth-order valence-electron chi connectivity index (χ4n) is 4.81. The lowest BCUT2D eigenvalue weighted by molar-refractivity contribution is -0.132. The minimum Gasteiger partial charge on any atom is -0.340 e. The first-order valence-corrected chi connectivity index (χ1v) is 10.6. The van der Waals surface area contributed by atoms with Crippen LogP contribution in [-0.2, 0) is 4.79 Å². The average molecular weight is 396 g/mol. The summed E-state index contributed by atoms with van der Waals surface area (Å²) < 4.78 is 1.66. The lowest BCUT2D eigenvalue weighted by Gasteiger charge is -2.40. The fraction of sp³-hybridized carbons (Fsp3) is 0.545. The SMILES string of the molecule is CC(=O)N1CCCCCC1C1CCN(C(=O)c2cccc(-n3cncn3)c2)CC1. The highest BCUT2D eigenvalue weighted by atomic mass is 16.2. The van der Waals surface area contributed by atoms with Crippen molar-refractivity contribution in [2.75, 3.05) is 19.6 Å². The molecule has 1 aromatic heterocycles. The highest BCUT2D eigenvalue weighted by Crippen LogP contribution is 2.30. The molecule has 2 amide bonds. The molecule has 4 rings (SSSR count). The van der Waals surface area contributed by atoms with E-state index in [2.05, 4.69) is 15.0 Å². The van der Waals surface area contributed by atoms with Gasteiger partial charge in [-0.05, 0) is 49.8 Å². The summed E-state index contributed by atoms with van der Waals surface area (Å²) in [7, 11) is 0. The van der Waals surface area contributed by atoms with Crippen LogP contribution in [-0.4, -0.2) is 62.1 Å². The van der Waals surface area contributed by atoms with E-state index >= 15 is 0 Å². The molecule has 0 bridgehead atoms. The molecule has 7 heteroatoms. The molecular weight excluding hydrogens is 366 g/mol. The summed E-state index contributed by atoms with van der Waals surface area (Å²) in [5.41, 5.74) is 1.51. The highest BCUT2D eigenvalue weighted by molar-refractivity contribution is 5.94. The van der Waals surface area contributed by atoms with Gasteiger partial charge in [0.05, 0.1) is 5.69 Å². The summed E-state index contributed by atoms with van der Waals surface area (Å²) in [6.07, 6.45) is 9.64. The number of carbonyl (C=O) groups excluding carboxylic acids is 2. The Kier molecular flexibility index (Phi) is 5.92. The Morgan fingerprint density at radius 2 is 1.86 bits per heavy atom. The molecule has 1 aromatic carbocycles. The van der Waals surface area contributed by atoms with Crippen molar-refractivity contribution in [1.82, 2.24) is 24.6 Å². The maximum Gasteiger partial charge on any atom is 0.253 e. The Balaban J connectivity index is 1.41. The minimum absolute atomic E-state index is 0.0645. The molecule has 2 aromatic rings. The van der Waals surface area contributed by atoms with E-state index in [0.717, 1.165) is 51.0 Å². The third-order valence-corrected chi connectivity index (χ3v) is 6.35. The molecule has 0 aliphatic carbocycles. The van der Waals surface area contributed by atoms with Gasteiger partial charge in [0.1, 0.15) is 12.7 Å². The lowest BCUT2D eigenvalue weighted by atomic mass is 9.86. The molecule has 0 spiro atoms. The first kappa shape index (κ1) is 19.6.